The van der Waals surface area contributed by atoms with Crippen molar-refractivity contribution < 1.29 is 9.18 Å². The van der Waals surface area contributed by atoms with Crippen molar-refractivity contribution in [2.24, 2.45) is 12.8 Å². The topological polar surface area (TPSA) is 73.8 Å². The largest absolute Gasteiger partial charge is 0.366 e. The van der Waals surface area contributed by atoms with Gasteiger partial charge in [0.2, 0.25) is 0 Å². The first-order valence-corrected chi connectivity index (χ1v) is 4.54. The van der Waals surface area contributed by atoms with Crippen LogP contribution in [0.15, 0.2) is 24.4 Å². The molecule has 0 radical (unpaired) electrons. The van der Waals surface area contributed by atoms with Gasteiger partial charge >= 0.3 is 0 Å². The fourth-order valence-corrected chi connectivity index (χ4v) is 1.39. The summed E-state index contributed by atoms with van der Waals surface area (Å²) in [6, 6.07) is 4.40. The first-order valence-electron chi connectivity index (χ1n) is 4.54. The second-order valence-corrected chi connectivity index (χ2v) is 3.31. The maximum atomic E-state index is 13.8. The lowest BCUT2D eigenvalue weighted by molar-refractivity contribution is 0.0996. The van der Waals surface area contributed by atoms with Gasteiger partial charge in [-0.3, -0.25) is 9.48 Å². The van der Waals surface area contributed by atoms with Crippen LogP contribution in [0.4, 0.5) is 4.39 Å². The van der Waals surface area contributed by atoms with Crippen LogP contribution in [0.25, 0.3) is 11.3 Å². The van der Waals surface area contributed by atoms with Crippen LogP contribution < -0.4 is 5.73 Å². The fraction of sp³-hybridized carbons (Fsp3) is 0.100. The van der Waals surface area contributed by atoms with Crippen molar-refractivity contribution in [3.8, 4) is 11.3 Å². The highest BCUT2D eigenvalue weighted by Gasteiger charge is 2.15. The van der Waals surface area contributed by atoms with E-state index < -0.39 is 11.7 Å². The molecule has 82 valence electrons. The van der Waals surface area contributed by atoms with E-state index in [-0.39, 0.29) is 11.1 Å². The lowest BCUT2D eigenvalue weighted by atomic mass is 10.1. The van der Waals surface area contributed by atoms with E-state index in [0.717, 1.165) is 0 Å². The number of aromatic nitrogens is 3. The second-order valence-electron chi connectivity index (χ2n) is 3.31. The molecule has 0 bridgehead atoms. The summed E-state index contributed by atoms with van der Waals surface area (Å²) >= 11 is 0. The van der Waals surface area contributed by atoms with Gasteiger partial charge in [0.15, 0.2) is 0 Å². The minimum Gasteiger partial charge on any atom is -0.366 e. The molecule has 16 heavy (non-hydrogen) atoms. The number of carbonyl (C=O) groups excluding carboxylic acids is 1. The minimum absolute atomic E-state index is 0.150. The van der Waals surface area contributed by atoms with Crippen molar-refractivity contribution in [3.63, 3.8) is 0 Å². The Balaban J connectivity index is 2.58. The van der Waals surface area contributed by atoms with Gasteiger partial charge in [-0.05, 0) is 12.1 Å². The Morgan fingerprint density at radius 1 is 1.50 bits per heavy atom. The molecule has 1 aromatic heterocycles. The molecule has 0 fully saturated rings. The lowest BCUT2D eigenvalue weighted by Gasteiger charge is -2.02. The predicted molar refractivity (Wildman–Crippen MR) is 54.9 cm³/mol. The Bertz CT molecular complexity index is 550. The molecule has 0 unspecified atom stereocenters. The number of halogens is 1. The van der Waals surface area contributed by atoms with Crippen LogP contribution in [0.1, 0.15) is 10.4 Å². The molecule has 1 aromatic carbocycles. The number of hydrogen-bond donors (Lipinski definition) is 1. The van der Waals surface area contributed by atoms with Gasteiger partial charge in [-0.25, -0.2) is 4.39 Å². The second kappa shape index (κ2) is 3.73. The summed E-state index contributed by atoms with van der Waals surface area (Å²) in [6.07, 6.45) is 1.56. The van der Waals surface area contributed by atoms with Crippen molar-refractivity contribution in [1.29, 1.82) is 0 Å². The van der Waals surface area contributed by atoms with Crippen LogP contribution in [0.3, 0.4) is 0 Å². The Hall–Kier alpha value is -2.24. The van der Waals surface area contributed by atoms with Gasteiger partial charge in [-0.2, -0.15) is 0 Å². The third-order valence-electron chi connectivity index (χ3n) is 2.14. The molecule has 1 amide bonds. The maximum absolute atomic E-state index is 13.8. The quantitative estimate of drug-likeness (QED) is 0.810. The van der Waals surface area contributed by atoms with E-state index >= 15 is 0 Å². The van der Waals surface area contributed by atoms with E-state index in [1.54, 1.807) is 19.3 Å². The zero-order valence-corrected chi connectivity index (χ0v) is 8.51. The molecular weight excluding hydrogens is 211 g/mol. The molecule has 2 N–H and O–H groups in total. The number of carbonyl (C=O) groups is 1. The predicted octanol–water partition coefficient (Wildman–Crippen LogP) is 0.720. The fourth-order valence-electron chi connectivity index (χ4n) is 1.39. The molecule has 2 rings (SSSR count). The summed E-state index contributed by atoms with van der Waals surface area (Å²) in [5.41, 5.74) is 5.47. The SMILES string of the molecule is Cn1cc(-c2cccc(C(N)=O)c2F)nn1. The van der Waals surface area contributed by atoms with E-state index in [1.807, 2.05) is 0 Å². The molecule has 0 atom stereocenters. The molecule has 5 nitrogen and oxygen atoms in total. The van der Waals surface area contributed by atoms with Crippen molar-refractivity contribution in [2.75, 3.05) is 0 Å². The lowest BCUT2D eigenvalue weighted by Crippen LogP contribution is -2.13. The van der Waals surface area contributed by atoms with Crippen LogP contribution >= 0.6 is 0 Å². The van der Waals surface area contributed by atoms with E-state index in [9.17, 15) is 9.18 Å². The standard InChI is InChI=1S/C10H9FN4O/c1-15-5-8(13-14-15)6-3-2-4-7(9(6)11)10(12)16/h2-5H,1H3,(H2,12,16). The average Bonchev–Trinajstić information content (AvgIpc) is 2.64. The summed E-state index contributed by atoms with van der Waals surface area (Å²) in [7, 11) is 1.67. The van der Waals surface area contributed by atoms with Gasteiger partial charge in [-0.15, -0.1) is 5.10 Å². The van der Waals surface area contributed by atoms with Gasteiger partial charge in [0.05, 0.1) is 11.8 Å². The number of amides is 1. The molecule has 0 saturated heterocycles. The number of aryl methyl sites for hydroxylation is 1. The molecule has 6 heteroatoms. The number of rotatable bonds is 2. The van der Waals surface area contributed by atoms with Gasteiger partial charge in [0.1, 0.15) is 11.5 Å². The first-order chi connectivity index (χ1) is 7.59. The van der Waals surface area contributed by atoms with Crippen LogP contribution in [-0.2, 0) is 7.05 Å². The molecule has 0 saturated carbocycles. The number of nitrogens with zero attached hydrogens (tertiary/aromatic N) is 3. The zero-order chi connectivity index (χ0) is 11.7. The summed E-state index contributed by atoms with van der Waals surface area (Å²) in [4.78, 5) is 11.0. The van der Waals surface area contributed by atoms with E-state index in [2.05, 4.69) is 10.3 Å². The van der Waals surface area contributed by atoms with Crippen molar-refractivity contribution >= 4 is 5.91 Å². The van der Waals surface area contributed by atoms with Crippen molar-refractivity contribution in [1.82, 2.24) is 15.0 Å². The Morgan fingerprint density at radius 2 is 2.25 bits per heavy atom. The molecule has 0 aliphatic heterocycles. The highest BCUT2D eigenvalue weighted by molar-refractivity contribution is 5.94. The molecule has 2 aromatic rings. The van der Waals surface area contributed by atoms with E-state index in [0.29, 0.717) is 5.69 Å². The number of benzene rings is 1. The van der Waals surface area contributed by atoms with Crippen LogP contribution in [0.2, 0.25) is 0 Å². The Morgan fingerprint density at radius 3 is 2.81 bits per heavy atom. The van der Waals surface area contributed by atoms with Gasteiger partial charge < -0.3 is 5.73 Å². The van der Waals surface area contributed by atoms with Crippen LogP contribution in [0.5, 0.6) is 0 Å². The number of nitrogens with two attached hydrogens (primary N) is 1. The smallest absolute Gasteiger partial charge is 0.251 e. The molecular formula is C10H9FN4O. The third-order valence-corrected chi connectivity index (χ3v) is 2.14. The van der Waals surface area contributed by atoms with Crippen LogP contribution in [-0.4, -0.2) is 20.9 Å². The molecule has 1 heterocycles. The molecule has 0 spiro atoms. The zero-order valence-electron chi connectivity index (χ0n) is 8.51. The highest BCUT2D eigenvalue weighted by atomic mass is 19.1. The molecule has 0 aliphatic carbocycles. The van der Waals surface area contributed by atoms with Gasteiger partial charge in [0.25, 0.3) is 5.91 Å². The normalized spacial score (nSPS) is 10.4. The summed E-state index contributed by atoms with van der Waals surface area (Å²) in [6.45, 7) is 0. The van der Waals surface area contributed by atoms with E-state index in [4.69, 9.17) is 5.73 Å². The Kier molecular flexibility index (Phi) is 2.40. The third kappa shape index (κ3) is 1.65. The first kappa shape index (κ1) is 10.3. The van der Waals surface area contributed by atoms with Gasteiger partial charge in [-0.1, -0.05) is 11.3 Å². The highest BCUT2D eigenvalue weighted by Crippen LogP contribution is 2.22. The van der Waals surface area contributed by atoms with Gasteiger partial charge in [0, 0.05) is 12.6 Å². The van der Waals surface area contributed by atoms with Crippen molar-refractivity contribution in [3.05, 3.63) is 35.8 Å². The minimum atomic E-state index is -0.803. The maximum Gasteiger partial charge on any atom is 0.251 e. The van der Waals surface area contributed by atoms with E-state index in [1.165, 1.54) is 16.8 Å². The molecule has 0 aliphatic rings. The monoisotopic (exact) mass is 220 g/mol. The summed E-state index contributed by atoms with van der Waals surface area (Å²) in [5.74, 6) is -1.47. The number of primary amides is 1. The summed E-state index contributed by atoms with van der Waals surface area (Å²) in [5, 5.41) is 7.46. The average molecular weight is 220 g/mol. The van der Waals surface area contributed by atoms with Crippen molar-refractivity contribution in [2.45, 2.75) is 0 Å². The Labute approximate surface area is 90.7 Å². The van der Waals surface area contributed by atoms with Crippen LogP contribution in [0, 0.1) is 5.82 Å². The number of hydrogen-bond acceptors (Lipinski definition) is 3. The summed E-state index contributed by atoms with van der Waals surface area (Å²) < 4.78 is 15.3.